The summed E-state index contributed by atoms with van der Waals surface area (Å²) in [6.45, 7) is 0.267. The minimum absolute atomic E-state index is 0.0176. The van der Waals surface area contributed by atoms with Crippen LogP contribution in [0.1, 0.15) is 23.2 Å². The van der Waals surface area contributed by atoms with E-state index in [-0.39, 0.29) is 42.7 Å². The number of phenolic OH excluding ortho intramolecular Hbond substituents is 1. The highest BCUT2D eigenvalue weighted by atomic mass is 19.1. The van der Waals surface area contributed by atoms with Gasteiger partial charge in [0, 0.05) is 6.42 Å². The number of Topliss-reactive ketones (excluding diaryl/α,β-unsaturated/α-hetero) is 1. The third-order valence-corrected chi connectivity index (χ3v) is 4.11. The zero-order chi connectivity index (χ0) is 24.2. The highest BCUT2D eigenvalue weighted by Crippen LogP contribution is 2.27. The maximum absolute atomic E-state index is 13.0. The highest BCUT2D eigenvalue weighted by Gasteiger charge is 2.20. The highest BCUT2D eigenvalue weighted by molar-refractivity contribution is 5.99. The summed E-state index contributed by atoms with van der Waals surface area (Å²) in [5, 5.41) is 16.8. The van der Waals surface area contributed by atoms with Gasteiger partial charge in [0.25, 0.3) is 0 Å². The fourth-order valence-corrected chi connectivity index (χ4v) is 2.52. The van der Waals surface area contributed by atoms with Crippen LogP contribution in [0.4, 0.5) is 13.2 Å². The SMILES string of the molecule is O=C(O)CCOc1ccccc1F.O=C1CCOc2c(F)cccc21.Oc1ccccc1F. The van der Waals surface area contributed by atoms with Crippen LogP contribution in [0.25, 0.3) is 0 Å². The molecule has 0 fully saturated rings. The molecule has 2 N–H and O–H groups in total. The average Bonchev–Trinajstić information content (AvgIpc) is 2.79. The van der Waals surface area contributed by atoms with E-state index in [1.54, 1.807) is 24.3 Å². The van der Waals surface area contributed by atoms with Gasteiger partial charge in [0.2, 0.25) is 0 Å². The molecule has 9 heteroatoms. The molecular formula is C24H21F3O6. The molecule has 0 atom stereocenters. The Hall–Kier alpha value is -4.01. The van der Waals surface area contributed by atoms with Crippen LogP contribution in [0, 0.1) is 17.5 Å². The second kappa shape index (κ2) is 12.7. The van der Waals surface area contributed by atoms with Crippen molar-refractivity contribution in [2.75, 3.05) is 13.2 Å². The molecule has 0 unspecified atom stereocenters. The molecule has 1 aliphatic rings. The summed E-state index contributed by atoms with van der Waals surface area (Å²) in [4.78, 5) is 21.3. The monoisotopic (exact) mass is 462 g/mol. The molecule has 0 aliphatic carbocycles. The van der Waals surface area contributed by atoms with Crippen LogP contribution in [0.15, 0.2) is 66.7 Å². The molecule has 33 heavy (non-hydrogen) atoms. The number of carbonyl (C=O) groups is 2. The summed E-state index contributed by atoms with van der Waals surface area (Å²) in [5.74, 6) is -2.63. The molecule has 1 heterocycles. The summed E-state index contributed by atoms with van der Waals surface area (Å²) >= 11 is 0. The van der Waals surface area contributed by atoms with Crippen LogP contribution in [-0.4, -0.2) is 35.2 Å². The van der Waals surface area contributed by atoms with E-state index in [4.69, 9.17) is 19.7 Å². The van der Waals surface area contributed by atoms with Crippen LogP contribution in [-0.2, 0) is 4.79 Å². The smallest absolute Gasteiger partial charge is 0.306 e. The Kier molecular flexibility index (Phi) is 9.76. The first-order chi connectivity index (χ1) is 15.8. The topological polar surface area (TPSA) is 93.1 Å². The minimum atomic E-state index is -0.962. The number of ketones is 1. The predicted octanol–water partition coefficient (Wildman–Crippen LogP) is 5.00. The molecule has 174 valence electrons. The predicted molar refractivity (Wildman–Crippen MR) is 113 cm³/mol. The number of aromatic hydroxyl groups is 1. The maximum atomic E-state index is 13.0. The van der Waals surface area contributed by atoms with E-state index in [0.29, 0.717) is 12.0 Å². The van der Waals surface area contributed by atoms with Gasteiger partial charge in [-0.25, -0.2) is 13.2 Å². The van der Waals surface area contributed by atoms with E-state index in [1.165, 1.54) is 42.5 Å². The van der Waals surface area contributed by atoms with Crippen molar-refractivity contribution in [1.82, 2.24) is 0 Å². The van der Waals surface area contributed by atoms with Crippen LogP contribution in [0.2, 0.25) is 0 Å². The van der Waals surface area contributed by atoms with Crippen LogP contribution in [0.3, 0.4) is 0 Å². The number of benzene rings is 3. The van der Waals surface area contributed by atoms with Crippen molar-refractivity contribution in [3.63, 3.8) is 0 Å². The van der Waals surface area contributed by atoms with Gasteiger partial charge in [-0.05, 0) is 36.4 Å². The number of hydrogen-bond donors (Lipinski definition) is 2. The van der Waals surface area contributed by atoms with E-state index in [1.807, 2.05) is 0 Å². The molecule has 0 saturated carbocycles. The Morgan fingerprint density at radius 1 is 0.909 bits per heavy atom. The molecule has 0 aromatic heterocycles. The van der Waals surface area contributed by atoms with E-state index in [2.05, 4.69) is 0 Å². The third kappa shape index (κ3) is 8.21. The molecule has 3 aromatic carbocycles. The number of ether oxygens (including phenoxy) is 2. The lowest BCUT2D eigenvalue weighted by atomic mass is 10.1. The fourth-order valence-electron chi connectivity index (χ4n) is 2.52. The fraction of sp³-hybridized carbons (Fsp3) is 0.167. The second-order valence-corrected chi connectivity index (χ2v) is 6.51. The van der Waals surface area contributed by atoms with Crippen LogP contribution in [0.5, 0.6) is 17.2 Å². The summed E-state index contributed by atoms with van der Waals surface area (Å²) in [7, 11) is 0. The normalized spacial score (nSPS) is 11.5. The molecule has 4 rings (SSSR count). The van der Waals surface area contributed by atoms with Crippen molar-refractivity contribution >= 4 is 11.8 Å². The van der Waals surface area contributed by atoms with Gasteiger partial charge in [-0.1, -0.05) is 30.3 Å². The molecule has 0 spiro atoms. The summed E-state index contributed by atoms with van der Waals surface area (Å²) in [6, 6.07) is 15.9. The number of phenols is 1. The molecular weight excluding hydrogens is 441 g/mol. The number of carboxylic acids is 1. The van der Waals surface area contributed by atoms with Gasteiger partial charge in [-0.2, -0.15) is 0 Å². The van der Waals surface area contributed by atoms with E-state index in [0.717, 1.165) is 0 Å². The Balaban J connectivity index is 0.000000180. The van der Waals surface area contributed by atoms with Gasteiger partial charge in [-0.3, -0.25) is 9.59 Å². The standard InChI is InChI=1S/C9H9FO3.C9H7FO2.C6H5FO/c10-7-3-1-2-4-8(7)13-6-5-9(11)12;10-7-3-1-2-6-8(11)4-5-12-9(6)7;7-5-3-1-2-4-6(5)8/h1-4H,5-6H2,(H,11,12);1-3H,4-5H2;1-4,8H. The maximum Gasteiger partial charge on any atom is 0.306 e. The van der Waals surface area contributed by atoms with Crippen molar-refractivity contribution in [3.8, 4) is 17.2 Å². The Morgan fingerprint density at radius 3 is 2.12 bits per heavy atom. The summed E-state index contributed by atoms with van der Waals surface area (Å²) in [6.07, 6.45) is 0.213. The lowest BCUT2D eigenvalue weighted by Crippen LogP contribution is -2.16. The number of rotatable bonds is 4. The molecule has 3 aromatic rings. The first-order valence-corrected chi connectivity index (χ1v) is 9.76. The Morgan fingerprint density at radius 2 is 1.55 bits per heavy atom. The molecule has 0 radical (unpaired) electrons. The van der Waals surface area contributed by atoms with Gasteiger partial charge in [-0.15, -0.1) is 0 Å². The van der Waals surface area contributed by atoms with E-state index < -0.39 is 23.4 Å². The number of fused-ring (bicyclic) bond motifs is 1. The molecule has 0 amide bonds. The zero-order valence-corrected chi connectivity index (χ0v) is 17.3. The Labute approximate surface area is 187 Å². The van der Waals surface area contributed by atoms with Crippen molar-refractivity contribution in [2.24, 2.45) is 0 Å². The van der Waals surface area contributed by atoms with Crippen LogP contribution >= 0.6 is 0 Å². The number of hydrogen-bond acceptors (Lipinski definition) is 5. The first kappa shape index (κ1) is 25.3. The molecule has 1 aliphatic heterocycles. The summed E-state index contributed by atoms with van der Waals surface area (Å²) in [5.41, 5.74) is 0.362. The van der Waals surface area contributed by atoms with Gasteiger partial charge < -0.3 is 19.7 Å². The number of halogens is 3. The van der Waals surface area contributed by atoms with Gasteiger partial charge in [0.1, 0.15) is 0 Å². The first-order valence-electron chi connectivity index (χ1n) is 9.76. The van der Waals surface area contributed by atoms with Gasteiger partial charge in [0.05, 0.1) is 25.2 Å². The lowest BCUT2D eigenvalue weighted by molar-refractivity contribution is -0.137. The summed E-state index contributed by atoms with van der Waals surface area (Å²) < 4.78 is 47.8. The lowest BCUT2D eigenvalue weighted by Gasteiger charge is -2.15. The van der Waals surface area contributed by atoms with Crippen LogP contribution < -0.4 is 9.47 Å². The van der Waals surface area contributed by atoms with Crippen molar-refractivity contribution in [1.29, 1.82) is 0 Å². The second-order valence-electron chi connectivity index (χ2n) is 6.51. The van der Waals surface area contributed by atoms with Crippen molar-refractivity contribution in [3.05, 3.63) is 89.7 Å². The molecule has 0 bridgehead atoms. The zero-order valence-electron chi connectivity index (χ0n) is 17.3. The minimum Gasteiger partial charge on any atom is -0.505 e. The largest absolute Gasteiger partial charge is 0.505 e. The molecule has 6 nitrogen and oxygen atoms in total. The van der Waals surface area contributed by atoms with Gasteiger partial charge >= 0.3 is 5.97 Å². The number of para-hydroxylation sites is 3. The van der Waals surface area contributed by atoms with Gasteiger partial charge in [0.15, 0.2) is 40.5 Å². The number of carboxylic acid groups (broad SMARTS) is 1. The third-order valence-electron chi connectivity index (χ3n) is 4.11. The van der Waals surface area contributed by atoms with Crippen molar-refractivity contribution in [2.45, 2.75) is 12.8 Å². The van der Waals surface area contributed by atoms with Crippen molar-refractivity contribution < 1.29 is 42.4 Å². The average molecular weight is 462 g/mol. The van der Waals surface area contributed by atoms with E-state index in [9.17, 15) is 22.8 Å². The quantitative estimate of drug-likeness (QED) is 0.567. The molecule has 0 saturated heterocycles. The number of carbonyl (C=O) groups excluding carboxylic acids is 1. The van der Waals surface area contributed by atoms with E-state index >= 15 is 0 Å². The Bertz CT molecular complexity index is 1070. The number of aliphatic carboxylic acids is 1.